The van der Waals surface area contributed by atoms with E-state index in [9.17, 15) is 4.39 Å². The summed E-state index contributed by atoms with van der Waals surface area (Å²) in [7, 11) is 1.59. The molecule has 0 saturated carbocycles. The lowest BCUT2D eigenvalue weighted by Crippen LogP contribution is -2.13. The third-order valence-electron chi connectivity index (χ3n) is 6.11. The van der Waals surface area contributed by atoms with Gasteiger partial charge in [-0.2, -0.15) is 0 Å². The maximum atomic E-state index is 14.8. The van der Waals surface area contributed by atoms with Gasteiger partial charge in [-0.25, -0.2) is 9.37 Å². The molecule has 2 aliphatic heterocycles. The van der Waals surface area contributed by atoms with Gasteiger partial charge < -0.3 is 19.5 Å². The lowest BCUT2D eigenvalue weighted by molar-refractivity contribution is 0.249. The van der Waals surface area contributed by atoms with Gasteiger partial charge in [0.05, 0.1) is 31.8 Å². The lowest BCUT2D eigenvalue weighted by atomic mass is 9.96. The third kappa shape index (κ3) is 2.70. The van der Waals surface area contributed by atoms with E-state index in [2.05, 4.69) is 20.5 Å². The van der Waals surface area contributed by atoms with Crippen LogP contribution in [0.1, 0.15) is 22.6 Å². The molecule has 3 aromatic heterocycles. The first-order valence-electron chi connectivity index (χ1n) is 10.3. The number of hydrogen-bond acceptors (Lipinski definition) is 7. The summed E-state index contributed by atoms with van der Waals surface area (Å²) in [6, 6.07) is 6.98. The molecule has 2 aliphatic rings. The molecule has 32 heavy (non-hydrogen) atoms. The van der Waals surface area contributed by atoms with Gasteiger partial charge in [0, 0.05) is 29.4 Å². The molecule has 9 heteroatoms. The Morgan fingerprint density at radius 1 is 1.19 bits per heavy atom. The van der Waals surface area contributed by atoms with E-state index in [0.29, 0.717) is 47.6 Å². The number of rotatable bonds is 2. The first-order valence-corrected chi connectivity index (χ1v) is 10.3. The van der Waals surface area contributed by atoms with Crippen molar-refractivity contribution in [1.82, 2.24) is 19.6 Å². The van der Waals surface area contributed by atoms with Gasteiger partial charge in [-0.1, -0.05) is 0 Å². The van der Waals surface area contributed by atoms with Crippen molar-refractivity contribution < 1.29 is 18.6 Å². The lowest BCUT2D eigenvalue weighted by Gasteiger charge is -2.18. The number of benzene rings is 1. The summed E-state index contributed by atoms with van der Waals surface area (Å²) in [5, 5.41) is 11.8. The average molecular weight is 433 g/mol. The molecule has 6 rings (SSSR count). The minimum Gasteiger partial charge on any atom is -0.493 e. The molecule has 8 nitrogen and oxygen atoms in total. The molecule has 1 N–H and O–H groups in total. The van der Waals surface area contributed by atoms with E-state index < -0.39 is 0 Å². The number of aromatic nitrogens is 4. The van der Waals surface area contributed by atoms with Crippen LogP contribution in [0.25, 0.3) is 16.8 Å². The van der Waals surface area contributed by atoms with Crippen molar-refractivity contribution in [3.8, 4) is 28.5 Å². The Morgan fingerprint density at radius 3 is 2.88 bits per heavy atom. The number of aryl methyl sites for hydroxylation is 1. The second-order valence-corrected chi connectivity index (χ2v) is 7.92. The molecule has 5 heterocycles. The molecule has 0 amide bonds. The smallest absolute Gasteiger partial charge is 0.221 e. The van der Waals surface area contributed by atoms with Crippen molar-refractivity contribution in [2.45, 2.75) is 19.4 Å². The molecule has 0 unspecified atom stereocenters. The van der Waals surface area contributed by atoms with Crippen LogP contribution >= 0.6 is 0 Å². The Bertz CT molecular complexity index is 1370. The number of methoxy groups -OCH3 is 1. The molecule has 0 bridgehead atoms. The van der Waals surface area contributed by atoms with Gasteiger partial charge in [0.25, 0.3) is 0 Å². The third-order valence-corrected chi connectivity index (χ3v) is 6.11. The first kappa shape index (κ1) is 18.9. The summed E-state index contributed by atoms with van der Waals surface area (Å²) in [5.41, 5.74) is 4.68. The highest BCUT2D eigenvalue weighted by Gasteiger charge is 2.32. The largest absolute Gasteiger partial charge is 0.493 e. The van der Waals surface area contributed by atoms with Gasteiger partial charge in [-0.15, -0.1) is 10.2 Å². The second kappa shape index (κ2) is 7.08. The van der Waals surface area contributed by atoms with Crippen molar-refractivity contribution >= 4 is 11.5 Å². The number of pyridine rings is 2. The van der Waals surface area contributed by atoms with E-state index in [-0.39, 0.29) is 18.3 Å². The van der Waals surface area contributed by atoms with E-state index in [4.69, 9.17) is 14.2 Å². The van der Waals surface area contributed by atoms with Crippen molar-refractivity contribution in [2.75, 3.05) is 25.6 Å². The first-order chi connectivity index (χ1) is 15.7. The van der Waals surface area contributed by atoms with Crippen LogP contribution < -0.4 is 19.5 Å². The minimum atomic E-state index is -0.262. The SMILES string of the molecule is COc1nccc(C)c1-c1cc2c(n3cnnc13)NCc1c(F)ccc3c1[C@@H](CO3)CO2. The van der Waals surface area contributed by atoms with Gasteiger partial charge >= 0.3 is 0 Å². The summed E-state index contributed by atoms with van der Waals surface area (Å²) in [6.07, 6.45) is 3.32. The van der Waals surface area contributed by atoms with Gasteiger partial charge in [-0.05, 0) is 36.8 Å². The van der Waals surface area contributed by atoms with Crippen molar-refractivity contribution in [2.24, 2.45) is 0 Å². The number of nitrogens with zero attached hydrogens (tertiary/aromatic N) is 4. The molecule has 0 fully saturated rings. The van der Waals surface area contributed by atoms with Crippen LogP contribution in [0.4, 0.5) is 10.2 Å². The zero-order valence-corrected chi connectivity index (χ0v) is 17.6. The van der Waals surface area contributed by atoms with Gasteiger partial charge in [0.2, 0.25) is 5.88 Å². The molecule has 4 aromatic rings. The number of hydrogen-bond donors (Lipinski definition) is 1. The standard InChI is InChI=1S/C23H20FN5O3/c1-12-5-6-25-23(30-2)19(12)14-7-18-22(29-11-27-28-21(14)29)26-8-15-16(24)3-4-17-20(15)13(9-31-17)10-32-18/h3-7,11,13,26H,8-10H2,1-2H3/t13-/m0/s1. The fraction of sp³-hybridized carbons (Fsp3) is 0.261. The van der Waals surface area contributed by atoms with Crippen LogP contribution in [0.3, 0.4) is 0 Å². The van der Waals surface area contributed by atoms with Crippen LogP contribution in [0.5, 0.6) is 17.4 Å². The summed E-state index contributed by atoms with van der Waals surface area (Å²) < 4.78 is 34.2. The van der Waals surface area contributed by atoms with Crippen LogP contribution in [0.2, 0.25) is 0 Å². The molecule has 162 valence electrons. The minimum absolute atomic E-state index is 0.0572. The monoisotopic (exact) mass is 433 g/mol. The highest BCUT2D eigenvalue weighted by molar-refractivity contribution is 5.86. The number of halogens is 1. The number of fused-ring (bicyclic) bond motifs is 3. The Labute approximate surface area is 183 Å². The van der Waals surface area contributed by atoms with Crippen molar-refractivity contribution in [1.29, 1.82) is 0 Å². The maximum Gasteiger partial charge on any atom is 0.221 e. The fourth-order valence-corrected chi connectivity index (χ4v) is 4.58. The average Bonchev–Trinajstić information content (AvgIpc) is 3.45. The van der Waals surface area contributed by atoms with Crippen LogP contribution in [-0.4, -0.2) is 39.9 Å². The van der Waals surface area contributed by atoms with Gasteiger partial charge in [-0.3, -0.25) is 4.40 Å². The topological polar surface area (TPSA) is 82.8 Å². The summed E-state index contributed by atoms with van der Waals surface area (Å²) in [4.78, 5) is 4.36. The molecule has 0 saturated heterocycles. The van der Waals surface area contributed by atoms with E-state index in [1.807, 2.05) is 23.5 Å². The van der Waals surface area contributed by atoms with Gasteiger partial charge in [0.1, 0.15) is 17.9 Å². The summed E-state index contributed by atoms with van der Waals surface area (Å²) in [6.45, 7) is 3.09. The normalized spacial score (nSPS) is 16.7. The Hall–Kier alpha value is -3.88. The van der Waals surface area contributed by atoms with E-state index in [1.165, 1.54) is 6.07 Å². The molecule has 0 aliphatic carbocycles. The number of nitrogens with one attached hydrogen (secondary N) is 1. The molecule has 0 spiro atoms. The van der Waals surface area contributed by atoms with E-state index in [0.717, 1.165) is 22.3 Å². The van der Waals surface area contributed by atoms with E-state index in [1.54, 1.807) is 25.7 Å². The number of anilines is 1. The fourth-order valence-electron chi connectivity index (χ4n) is 4.58. The molecular formula is C23H20FN5O3. The molecule has 1 atom stereocenters. The maximum absolute atomic E-state index is 14.8. The summed E-state index contributed by atoms with van der Waals surface area (Å²) >= 11 is 0. The van der Waals surface area contributed by atoms with Crippen LogP contribution in [0, 0.1) is 12.7 Å². The Morgan fingerprint density at radius 2 is 2.03 bits per heavy atom. The quantitative estimate of drug-likeness (QED) is 0.516. The predicted octanol–water partition coefficient (Wildman–Crippen LogP) is 3.73. The zero-order chi connectivity index (χ0) is 21.8. The summed E-state index contributed by atoms with van der Waals surface area (Å²) in [5.74, 6) is 2.16. The number of ether oxygens (including phenoxy) is 3. The van der Waals surface area contributed by atoms with Crippen molar-refractivity contribution in [3.63, 3.8) is 0 Å². The second-order valence-electron chi connectivity index (χ2n) is 7.92. The molecular weight excluding hydrogens is 413 g/mol. The molecule has 1 aromatic carbocycles. The highest BCUT2D eigenvalue weighted by atomic mass is 19.1. The van der Waals surface area contributed by atoms with E-state index >= 15 is 0 Å². The van der Waals surface area contributed by atoms with Gasteiger partial charge in [0.15, 0.2) is 17.2 Å². The van der Waals surface area contributed by atoms with Crippen LogP contribution in [-0.2, 0) is 6.54 Å². The van der Waals surface area contributed by atoms with Crippen LogP contribution in [0.15, 0.2) is 36.8 Å². The van der Waals surface area contributed by atoms with Crippen molar-refractivity contribution in [3.05, 3.63) is 59.3 Å². The predicted molar refractivity (Wildman–Crippen MR) is 115 cm³/mol. The highest BCUT2D eigenvalue weighted by Crippen LogP contribution is 2.43. The Balaban J connectivity index is 1.55. The zero-order valence-electron chi connectivity index (χ0n) is 17.6. The molecule has 0 radical (unpaired) electrons. The Kier molecular flexibility index (Phi) is 4.17.